The zero-order valence-electron chi connectivity index (χ0n) is 9.22. The second kappa shape index (κ2) is 6.55. The maximum atomic E-state index is 12.6. The molecule has 0 spiro atoms. The van der Waals surface area contributed by atoms with Crippen LogP contribution in [0.3, 0.4) is 0 Å². The minimum absolute atomic E-state index is 0.215. The van der Waals surface area contributed by atoms with E-state index in [9.17, 15) is 4.39 Å². The Hall–Kier alpha value is -2.15. The molecule has 1 heterocycles. The van der Waals surface area contributed by atoms with E-state index in [0.717, 1.165) is 13.1 Å². The van der Waals surface area contributed by atoms with Crippen LogP contribution in [0.25, 0.3) is 0 Å². The molecule has 0 amide bonds. The number of carbonyl (C=O) groups excluding carboxylic acids is 2. The smallest absolute Gasteiger partial charge is 0.126 e. The first kappa shape index (κ1) is 13.9. The molecule has 0 atom stereocenters. The van der Waals surface area contributed by atoms with Crippen molar-refractivity contribution in [3.63, 3.8) is 0 Å². The third-order valence-electron chi connectivity index (χ3n) is 2.01. The molecule has 0 radical (unpaired) electrons. The Bertz CT molecular complexity index is 421. The Kier molecular flexibility index (Phi) is 5.06. The topological polar surface area (TPSA) is 102 Å². The molecule has 98 valence electrons. The summed E-state index contributed by atoms with van der Waals surface area (Å²) >= 11 is 0. The van der Waals surface area contributed by atoms with Crippen LogP contribution in [-0.2, 0) is 9.59 Å². The predicted octanol–water partition coefficient (Wildman–Crippen LogP) is -2.34. The molecule has 0 aliphatic carbocycles. The zero-order valence-corrected chi connectivity index (χ0v) is 9.22. The van der Waals surface area contributed by atoms with E-state index < -0.39 is 11.9 Å². The van der Waals surface area contributed by atoms with E-state index in [2.05, 4.69) is 5.32 Å². The van der Waals surface area contributed by atoms with E-state index in [1.165, 1.54) is 12.1 Å². The van der Waals surface area contributed by atoms with Gasteiger partial charge in [0.2, 0.25) is 0 Å². The number of aliphatic carboxylic acids is 2. The van der Waals surface area contributed by atoms with Gasteiger partial charge in [0.25, 0.3) is 0 Å². The first-order valence-electron chi connectivity index (χ1n) is 5.04. The van der Waals surface area contributed by atoms with Gasteiger partial charge in [0.05, 0.1) is 11.9 Å². The zero-order chi connectivity index (χ0) is 13.5. The lowest BCUT2D eigenvalue weighted by Gasteiger charge is -2.27. The number of hydrogen-bond acceptors (Lipinski definition) is 6. The SMILES string of the molecule is Fc1cccc(OC2CNC2)c1.O=C([O-])C(=O)[O-]. The maximum Gasteiger partial charge on any atom is 0.126 e. The van der Waals surface area contributed by atoms with Crippen molar-refractivity contribution in [2.45, 2.75) is 6.10 Å². The van der Waals surface area contributed by atoms with E-state index >= 15 is 0 Å². The van der Waals surface area contributed by atoms with Gasteiger partial charge in [-0.1, -0.05) is 6.07 Å². The Balaban J connectivity index is 0.000000232. The number of nitrogens with one attached hydrogen (secondary N) is 1. The normalized spacial score (nSPS) is 13.8. The number of hydrogen-bond donors (Lipinski definition) is 1. The van der Waals surface area contributed by atoms with Crippen LogP contribution < -0.4 is 20.3 Å². The lowest BCUT2D eigenvalue weighted by atomic mass is 10.2. The fourth-order valence-corrected chi connectivity index (χ4v) is 1.08. The molecule has 1 aromatic rings. The lowest BCUT2D eigenvalue weighted by Crippen LogP contribution is -2.50. The number of rotatable bonds is 2. The standard InChI is InChI=1S/C9H10FNO.C2H2O4/c10-7-2-1-3-8(4-7)12-9-5-11-6-9;3-1(4)2(5)6/h1-4,9,11H,5-6H2;(H,3,4)(H,5,6)/p-2. The van der Waals surface area contributed by atoms with Gasteiger partial charge in [0.15, 0.2) is 0 Å². The van der Waals surface area contributed by atoms with Crippen LogP contribution in [0.15, 0.2) is 24.3 Å². The Morgan fingerprint density at radius 1 is 1.28 bits per heavy atom. The molecule has 1 N–H and O–H groups in total. The summed E-state index contributed by atoms with van der Waals surface area (Å²) < 4.78 is 18.1. The van der Waals surface area contributed by atoms with Crippen LogP contribution in [0.1, 0.15) is 0 Å². The third-order valence-corrected chi connectivity index (χ3v) is 2.01. The van der Waals surface area contributed by atoms with Gasteiger partial charge in [0, 0.05) is 19.2 Å². The molecule has 0 saturated carbocycles. The van der Waals surface area contributed by atoms with Gasteiger partial charge in [-0.15, -0.1) is 0 Å². The summed E-state index contributed by atoms with van der Waals surface area (Å²) in [5.41, 5.74) is 0. The molecule has 1 fully saturated rings. The van der Waals surface area contributed by atoms with Gasteiger partial charge in [-0.2, -0.15) is 0 Å². The first-order chi connectivity index (χ1) is 8.49. The van der Waals surface area contributed by atoms with E-state index in [1.807, 2.05) is 0 Å². The highest BCUT2D eigenvalue weighted by molar-refractivity contribution is 6.25. The Labute approximate surface area is 102 Å². The quantitative estimate of drug-likeness (QED) is 0.594. The summed E-state index contributed by atoms with van der Waals surface area (Å²) in [5, 5.41) is 20.9. The van der Waals surface area contributed by atoms with Crippen molar-refractivity contribution in [2.24, 2.45) is 0 Å². The third kappa shape index (κ3) is 4.79. The lowest BCUT2D eigenvalue weighted by molar-refractivity contribution is -0.345. The van der Waals surface area contributed by atoms with Crippen LogP contribution in [0.5, 0.6) is 5.75 Å². The van der Waals surface area contributed by atoms with Gasteiger partial charge < -0.3 is 29.9 Å². The van der Waals surface area contributed by atoms with E-state index in [1.54, 1.807) is 12.1 Å². The molecule has 0 aromatic heterocycles. The van der Waals surface area contributed by atoms with Crippen molar-refractivity contribution in [1.82, 2.24) is 5.32 Å². The summed E-state index contributed by atoms with van der Waals surface area (Å²) in [6, 6.07) is 6.22. The molecular formula is C11H10FNO5-2. The van der Waals surface area contributed by atoms with Gasteiger partial charge in [-0.3, -0.25) is 0 Å². The van der Waals surface area contributed by atoms with Crippen molar-refractivity contribution in [3.05, 3.63) is 30.1 Å². The highest BCUT2D eigenvalue weighted by atomic mass is 19.1. The number of benzene rings is 1. The van der Waals surface area contributed by atoms with Gasteiger partial charge >= 0.3 is 0 Å². The fourth-order valence-electron chi connectivity index (χ4n) is 1.08. The van der Waals surface area contributed by atoms with Crippen molar-refractivity contribution >= 4 is 11.9 Å². The van der Waals surface area contributed by atoms with Crippen LogP contribution in [0, 0.1) is 5.82 Å². The van der Waals surface area contributed by atoms with E-state index in [-0.39, 0.29) is 11.9 Å². The second-order valence-corrected chi connectivity index (χ2v) is 3.43. The Morgan fingerprint density at radius 3 is 2.28 bits per heavy atom. The molecule has 1 saturated heterocycles. The largest absolute Gasteiger partial charge is 0.543 e. The van der Waals surface area contributed by atoms with E-state index in [0.29, 0.717) is 5.75 Å². The predicted molar refractivity (Wildman–Crippen MR) is 53.7 cm³/mol. The molecule has 1 aliphatic rings. The van der Waals surface area contributed by atoms with Crippen LogP contribution in [0.4, 0.5) is 4.39 Å². The van der Waals surface area contributed by atoms with Crippen LogP contribution in [-0.4, -0.2) is 31.1 Å². The van der Waals surface area contributed by atoms with Gasteiger partial charge in [0.1, 0.15) is 17.7 Å². The molecule has 6 nitrogen and oxygen atoms in total. The Morgan fingerprint density at radius 2 is 1.89 bits per heavy atom. The van der Waals surface area contributed by atoms with Crippen molar-refractivity contribution in [3.8, 4) is 5.75 Å². The van der Waals surface area contributed by atoms with Crippen LogP contribution >= 0.6 is 0 Å². The van der Waals surface area contributed by atoms with Crippen molar-refractivity contribution in [1.29, 1.82) is 0 Å². The molecular weight excluding hydrogens is 245 g/mol. The fraction of sp³-hybridized carbons (Fsp3) is 0.273. The minimum atomic E-state index is -2.19. The molecule has 1 aromatic carbocycles. The van der Waals surface area contributed by atoms with Crippen LogP contribution in [0.2, 0.25) is 0 Å². The number of halogens is 1. The molecule has 18 heavy (non-hydrogen) atoms. The summed E-state index contributed by atoms with van der Waals surface area (Å²) in [6.07, 6.45) is 0.215. The first-order valence-corrected chi connectivity index (χ1v) is 5.04. The van der Waals surface area contributed by atoms with Crippen molar-refractivity contribution < 1.29 is 28.9 Å². The maximum absolute atomic E-state index is 12.6. The number of carboxylic acid groups (broad SMARTS) is 2. The number of ether oxygens (including phenoxy) is 1. The number of carbonyl (C=O) groups is 2. The average Bonchev–Trinajstić information content (AvgIpc) is 2.24. The highest BCUT2D eigenvalue weighted by Gasteiger charge is 2.17. The average molecular weight is 255 g/mol. The molecule has 1 aliphatic heterocycles. The molecule has 7 heteroatoms. The molecule has 0 bridgehead atoms. The number of carboxylic acids is 2. The minimum Gasteiger partial charge on any atom is -0.543 e. The second-order valence-electron chi connectivity index (χ2n) is 3.43. The highest BCUT2D eigenvalue weighted by Crippen LogP contribution is 2.14. The molecule has 2 rings (SSSR count). The van der Waals surface area contributed by atoms with Gasteiger partial charge in [-0.05, 0) is 12.1 Å². The molecule has 0 unspecified atom stereocenters. The summed E-state index contributed by atoms with van der Waals surface area (Å²) in [6.45, 7) is 1.72. The summed E-state index contributed by atoms with van der Waals surface area (Å²) in [4.78, 5) is 17.9. The van der Waals surface area contributed by atoms with Gasteiger partial charge in [-0.25, -0.2) is 4.39 Å². The van der Waals surface area contributed by atoms with Crippen molar-refractivity contribution in [2.75, 3.05) is 13.1 Å². The van der Waals surface area contributed by atoms with E-state index in [4.69, 9.17) is 24.5 Å². The summed E-state index contributed by atoms with van der Waals surface area (Å²) in [7, 11) is 0. The summed E-state index contributed by atoms with van der Waals surface area (Å²) in [5.74, 6) is -4.01. The monoisotopic (exact) mass is 255 g/mol.